The van der Waals surface area contributed by atoms with Crippen LogP contribution in [-0.2, 0) is 9.47 Å². The van der Waals surface area contributed by atoms with Gasteiger partial charge in [-0.25, -0.2) is 0 Å². The van der Waals surface area contributed by atoms with Crippen LogP contribution in [0.1, 0.15) is 33.6 Å². The zero-order chi connectivity index (χ0) is 11.5. The Morgan fingerprint density at radius 1 is 1.06 bits per heavy atom. The van der Waals surface area contributed by atoms with Crippen LogP contribution >= 0.6 is 0 Å². The Balaban J connectivity index is 2.07. The van der Waals surface area contributed by atoms with Crippen molar-refractivity contribution >= 4 is 0 Å². The Kier molecular flexibility index (Phi) is 4.04. The first-order valence-electron chi connectivity index (χ1n) is 6.73. The summed E-state index contributed by atoms with van der Waals surface area (Å²) < 4.78 is 11.6. The number of allylic oxidation sites excluding steroid dienone is 2. The third-order valence-corrected chi connectivity index (χ3v) is 4.14. The molecule has 1 fully saturated rings. The first-order chi connectivity index (χ1) is 7.81. The maximum atomic E-state index is 5.79. The van der Waals surface area contributed by atoms with E-state index in [2.05, 4.69) is 32.9 Å². The van der Waals surface area contributed by atoms with E-state index in [0.717, 1.165) is 25.0 Å². The Morgan fingerprint density at radius 2 is 1.69 bits per heavy atom. The third-order valence-electron chi connectivity index (χ3n) is 4.14. The molecule has 2 nitrogen and oxygen atoms in total. The molecule has 16 heavy (non-hydrogen) atoms. The minimum Gasteiger partial charge on any atom is -0.353 e. The number of hydrogen-bond acceptors (Lipinski definition) is 2. The van der Waals surface area contributed by atoms with E-state index in [9.17, 15) is 0 Å². The van der Waals surface area contributed by atoms with E-state index in [4.69, 9.17) is 9.47 Å². The van der Waals surface area contributed by atoms with E-state index in [-0.39, 0.29) is 6.29 Å². The van der Waals surface area contributed by atoms with Gasteiger partial charge in [0.2, 0.25) is 0 Å². The molecule has 0 amide bonds. The number of ether oxygens (including phenoxy) is 2. The molecule has 0 aromatic carbocycles. The highest BCUT2D eigenvalue weighted by molar-refractivity contribution is 5.13. The van der Waals surface area contributed by atoms with Crippen molar-refractivity contribution in [2.45, 2.75) is 39.9 Å². The summed E-state index contributed by atoms with van der Waals surface area (Å²) in [5, 5.41) is 0. The van der Waals surface area contributed by atoms with Gasteiger partial charge >= 0.3 is 0 Å². The van der Waals surface area contributed by atoms with Crippen LogP contribution in [0, 0.1) is 23.7 Å². The molecule has 0 N–H and O–H groups in total. The largest absolute Gasteiger partial charge is 0.353 e. The molecule has 1 saturated carbocycles. The molecule has 2 aliphatic carbocycles. The van der Waals surface area contributed by atoms with Crippen LogP contribution in [0.15, 0.2) is 12.2 Å². The smallest absolute Gasteiger partial charge is 0.161 e. The standard InChI is InChI=1S/C14H24O2/c1-4-12-10-7-8-11(9-10)13(12)14(15-5-2)16-6-3/h7-8,10-14H,4-6,9H2,1-3H3. The highest BCUT2D eigenvalue weighted by Gasteiger charge is 2.47. The van der Waals surface area contributed by atoms with Gasteiger partial charge in [0.1, 0.15) is 0 Å². The molecule has 2 bridgehead atoms. The minimum absolute atomic E-state index is 0.0138. The Hall–Kier alpha value is -0.340. The summed E-state index contributed by atoms with van der Waals surface area (Å²) in [6, 6.07) is 0. The van der Waals surface area contributed by atoms with Crippen LogP contribution in [0.4, 0.5) is 0 Å². The maximum Gasteiger partial charge on any atom is 0.161 e. The van der Waals surface area contributed by atoms with Crippen molar-refractivity contribution in [1.29, 1.82) is 0 Å². The molecule has 92 valence electrons. The number of rotatable bonds is 6. The molecule has 0 heterocycles. The van der Waals surface area contributed by atoms with Crippen LogP contribution < -0.4 is 0 Å². The summed E-state index contributed by atoms with van der Waals surface area (Å²) in [7, 11) is 0. The first-order valence-corrected chi connectivity index (χ1v) is 6.73. The lowest BCUT2D eigenvalue weighted by Gasteiger charge is -2.33. The van der Waals surface area contributed by atoms with Crippen molar-refractivity contribution in [2.24, 2.45) is 23.7 Å². The van der Waals surface area contributed by atoms with Crippen LogP contribution in [0.3, 0.4) is 0 Å². The van der Waals surface area contributed by atoms with Crippen molar-refractivity contribution in [2.75, 3.05) is 13.2 Å². The second-order valence-electron chi connectivity index (χ2n) is 4.88. The van der Waals surface area contributed by atoms with Crippen molar-refractivity contribution in [3.8, 4) is 0 Å². The van der Waals surface area contributed by atoms with E-state index in [1.165, 1.54) is 12.8 Å². The predicted octanol–water partition coefficient (Wildman–Crippen LogP) is 3.23. The lowest BCUT2D eigenvalue weighted by Crippen LogP contribution is -2.35. The predicted molar refractivity (Wildman–Crippen MR) is 65.0 cm³/mol. The van der Waals surface area contributed by atoms with E-state index >= 15 is 0 Å². The Morgan fingerprint density at radius 3 is 2.25 bits per heavy atom. The molecule has 4 atom stereocenters. The Bertz CT molecular complexity index is 243. The molecule has 0 aromatic heterocycles. The fraction of sp³-hybridized carbons (Fsp3) is 0.857. The average Bonchev–Trinajstić information content (AvgIpc) is 2.88. The van der Waals surface area contributed by atoms with Crippen LogP contribution in [-0.4, -0.2) is 19.5 Å². The summed E-state index contributed by atoms with van der Waals surface area (Å²) in [5.41, 5.74) is 0. The minimum atomic E-state index is 0.0138. The molecular formula is C14H24O2. The SMILES string of the molecule is CCOC(OCC)C1C2C=CC(C2)C1CC. The number of fused-ring (bicyclic) bond motifs is 2. The van der Waals surface area contributed by atoms with E-state index < -0.39 is 0 Å². The second kappa shape index (κ2) is 5.33. The summed E-state index contributed by atoms with van der Waals surface area (Å²) in [6.45, 7) is 7.89. The van der Waals surface area contributed by atoms with E-state index in [1.807, 2.05) is 0 Å². The molecule has 4 unspecified atom stereocenters. The molecule has 0 aromatic rings. The fourth-order valence-corrected chi connectivity index (χ4v) is 3.54. The van der Waals surface area contributed by atoms with Gasteiger partial charge in [-0.1, -0.05) is 25.5 Å². The van der Waals surface area contributed by atoms with Gasteiger partial charge in [-0.15, -0.1) is 0 Å². The van der Waals surface area contributed by atoms with Gasteiger partial charge in [-0.2, -0.15) is 0 Å². The van der Waals surface area contributed by atoms with Gasteiger partial charge in [-0.3, -0.25) is 0 Å². The molecule has 2 aliphatic rings. The van der Waals surface area contributed by atoms with Crippen LogP contribution in [0.25, 0.3) is 0 Å². The zero-order valence-corrected chi connectivity index (χ0v) is 10.7. The average molecular weight is 224 g/mol. The van der Waals surface area contributed by atoms with Gasteiger partial charge in [0, 0.05) is 19.1 Å². The van der Waals surface area contributed by atoms with Crippen LogP contribution in [0.2, 0.25) is 0 Å². The van der Waals surface area contributed by atoms with Crippen LogP contribution in [0.5, 0.6) is 0 Å². The second-order valence-corrected chi connectivity index (χ2v) is 4.88. The van der Waals surface area contributed by atoms with Crippen molar-refractivity contribution in [1.82, 2.24) is 0 Å². The molecule has 0 aliphatic heterocycles. The highest BCUT2D eigenvalue weighted by Crippen LogP contribution is 2.51. The molecule has 2 rings (SSSR count). The van der Waals surface area contributed by atoms with Gasteiger partial charge in [0.25, 0.3) is 0 Å². The molecule has 2 heteroatoms. The Labute approximate surface area is 99.0 Å². The third kappa shape index (κ3) is 2.05. The molecular weight excluding hydrogens is 200 g/mol. The maximum absolute atomic E-state index is 5.79. The molecule has 0 spiro atoms. The van der Waals surface area contributed by atoms with Gasteiger partial charge in [0.05, 0.1) is 0 Å². The van der Waals surface area contributed by atoms with E-state index in [1.54, 1.807) is 0 Å². The summed E-state index contributed by atoms with van der Waals surface area (Å²) >= 11 is 0. The van der Waals surface area contributed by atoms with Gasteiger partial charge < -0.3 is 9.47 Å². The number of hydrogen-bond donors (Lipinski definition) is 0. The highest BCUT2D eigenvalue weighted by atomic mass is 16.7. The summed E-state index contributed by atoms with van der Waals surface area (Å²) in [6.07, 6.45) is 7.36. The lowest BCUT2D eigenvalue weighted by molar-refractivity contribution is -0.180. The lowest BCUT2D eigenvalue weighted by atomic mass is 9.81. The first kappa shape index (κ1) is 12.1. The van der Waals surface area contributed by atoms with Crippen molar-refractivity contribution in [3.63, 3.8) is 0 Å². The van der Waals surface area contributed by atoms with Crippen molar-refractivity contribution < 1.29 is 9.47 Å². The topological polar surface area (TPSA) is 18.5 Å². The quantitative estimate of drug-likeness (QED) is 0.509. The van der Waals surface area contributed by atoms with Gasteiger partial charge in [-0.05, 0) is 38.0 Å². The normalized spacial score (nSPS) is 36.5. The zero-order valence-electron chi connectivity index (χ0n) is 10.7. The fourth-order valence-electron chi connectivity index (χ4n) is 3.54. The monoisotopic (exact) mass is 224 g/mol. The van der Waals surface area contributed by atoms with Gasteiger partial charge in [0.15, 0.2) is 6.29 Å². The van der Waals surface area contributed by atoms with E-state index in [0.29, 0.717) is 11.8 Å². The summed E-state index contributed by atoms with van der Waals surface area (Å²) in [4.78, 5) is 0. The molecule has 0 radical (unpaired) electrons. The van der Waals surface area contributed by atoms with Crippen molar-refractivity contribution in [3.05, 3.63) is 12.2 Å². The summed E-state index contributed by atoms with van der Waals surface area (Å²) in [5.74, 6) is 2.82. The molecule has 0 saturated heterocycles.